The van der Waals surface area contributed by atoms with Crippen LogP contribution in [0, 0.1) is 0 Å². The third-order valence-electron chi connectivity index (χ3n) is 11.9. The number of phosphoric ester groups is 1. The quantitative estimate of drug-likeness (QED) is 0.0197. The predicted molar refractivity (Wildman–Crippen MR) is 288 cm³/mol. The van der Waals surface area contributed by atoms with Crippen LogP contribution in [0.2, 0.25) is 0 Å². The Morgan fingerprint density at radius 3 is 1.19 bits per heavy atom. The second kappa shape index (κ2) is 52.5. The van der Waals surface area contributed by atoms with Crippen molar-refractivity contribution in [2.45, 2.75) is 264 Å². The number of carbonyl (C=O) groups is 3. The van der Waals surface area contributed by atoms with Gasteiger partial charge in [0.15, 0.2) is 6.10 Å². The summed E-state index contributed by atoms with van der Waals surface area (Å²) in [5.74, 6) is -1.52. The summed E-state index contributed by atoms with van der Waals surface area (Å²) >= 11 is 0. The molecule has 406 valence electrons. The lowest BCUT2D eigenvalue weighted by Gasteiger charge is -2.21. The fraction of sp³-hybridized carbons (Fsp3) is 0.776. The van der Waals surface area contributed by atoms with Crippen LogP contribution < -0.4 is 0 Å². The van der Waals surface area contributed by atoms with Crippen LogP contribution in [0.4, 0.5) is 0 Å². The summed E-state index contributed by atoms with van der Waals surface area (Å²) in [7, 11) is -4.75. The zero-order valence-corrected chi connectivity index (χ0v) is 45.6. The molecular formula is C58H103O11P. The standard InChI is InChI=1S/C58H103O11P/c1-4-7-10-13-16-19-22-25-27-30-32-35-38-41-44-47-56(60)65-51-55(69-58(62)49-46-43-40-37-34-31-28-26-23-20-17-14-11-8-5-2)53-67-70(63,64)66-52-54(50-59)68-57(61)48-45-42-39-36-33-29-24-21-18-15-12-9-6-3/h7,10,16,19,25-28,32,35,54-55,59H,4-6,8-9,11-15,17-18,20-24,29-31,33-34,36-53H2,1-3H3,(H,63,64)/b10-7-,19-16-,27-25-,28-26-,35-32-. The van der Waals surface area contributed by atoms with Crippen LogP contribution in [-0.2, 0) is 42.2 Å². The largest absolute Gasteiger partial charge is 0.472 e. The summed E-state index contributed by atoms with van der Waals surface area (Å²) in [5, 5.41) is 9.80. The molecule has 11 nitrogen and oxygen atoms in total. The van der Waals surface area contributed by atoms with Crippen molar-refractivity contribution in [3.63, 3.8) is 0 Å². The number of phosphoric acid groups is 1. The van der Waals surface area contributed by atoms with Gasteiger partial charge in [0.05, 0.1) is 19.8 Å². The highest BCUT2D eigenvalue weighted by Crippen LogP contribution is 2.43. The molecule has 0 saturated heterocycles. The minimum Gasteiger partial charge on any atom is -0.462 e. The maximum Gasteiger partial charge on any atom is 0.472 e. The van der Waals surface area contributed by atoms with Crippen LogP contribution in [0.25, 0.3) is 0 Å². The molecule has 3 unspecified atom stereocenters. The summed E-state index contributed by atoms with van der Waals surface area (Å²) in [5.41, 5.74) is 0. The molecule has 0 aliphatic heterocycles. The van der Waals surface area contributed by atoms with Crippen molar-refractivity contribution in [1.29, 1.82) is 0 Å². The monoisotopic (exact) mass is 1010 g/mol. The van der Waals surface area contributed by atoms with Gasteiger partial charge in [0.1, 0.15) is 12.7 Å². The number of hydrogen-bond acceptors (Lipinski definition) is 10. The molecule has 12 heteroatoms. The molecule has 0 aliphatic carbocycles. The van der Waals surface area contributed by atoms with Crippen LogP contribution in [0.15, 0.2) is 60.8 Å². The highest BCUT2D eigenvalue weighted by atomic mass is 31.2. The molecule has 2 N–H and O–H groups in total. The van der Waals surface area contributed by atoms with Crippen LogP contribution in [0.5, 0.6) is 0 Å². The second-order valence-electron chi connectivity index (χ2n) is 18.7. The van der Waals surface area contributed by atoms with Crippen LogP contribution in [-0.4, -0.2) is 66.5 Å². The lowest BCUT2D eigenvalue weighted by molar-refractivity contribution is -0.161. The number of unbranched alkanes of at least 4 members (excludes halogenated alkanes) is 25. The van der Waals surface area contributed by atoms with E-state index in [0.29, 0.717) is 19.3 Å². The van der Waals surface area contributed by atoms with Crippen LogP contribution in [0.1, 0.15) is 252 Å². The SMILES string of the molecule is CC/C=C\C/C=C\C/C=C\C/C=C\CCCCC(=O)OCC(COP(=O)(O)OCC(CO)OC(=O)CCCCCCCCCCCCCCC)OC(=O)CCCCCCC/C=C\CCCCCCCC. The molecule has 0 spiro atoms. The smallest absolute Gasteiger partial charge is 0.462 e. The second-order valence-corrected chi connectivity index (χ2v) is 20.2. The van der Waals surface area contributed by atoms with Gasteiger partial charge in [0, 0.05) is 19.3 Å². The fourth-order valence-corrected chi connectivity index (χ4v) is 8.42. The Morgan fingerprint density at radius 1 is 0.414 bits per heavy atom. The first-order chi connectivity index (χ1) is 34.2. The number of aliphatic hydroxyl groups excluding tert-OH is 1. The molecule has 0 aromatic heterocycles. The number of carbonyl (C=O) groups excluding carboxylic acids is 3. The van der Waals surface area contributed by atoms with Crippen molar-refractivity contribution in [2.24, 2.45) is 0 Å². The first-order valence-corrected chi connectivity index (χ1v) is 29.7. The van der Waals surface area contributed by atoms with Crippen LogP contribution >= 0.6 is 7.82 Å². The molecule has 0 fully saturated rings. The Kier molecular flexibility index (Phi) is 50.4. The molecule has 0 aromatic carbocycles. The summed E-state index contributed by atoms with van der Waals surface area (Å²) in [6.07, 6.45) is 56.1. The van der Waals surface area contributed by atoms with Gasteiger partial charge in [-0.05, 0) is 83.5 Å². The first kappa shape index (κ1) is 67.2. The van der Waals surface area contributed by atoms with Gasteiger partial charge in [-0.25, -0.2) is 4.57 Å². The van der Waals surface area contributed by atoms with Crippen molar-refractivity contribution in [2.75, 3.05) is 26.4 Å². The van der Waals surface area contributed by atoms with Crippen molar-refractivity contribution in [3.8, 4) is 0 Å². The van der Waals surface area contributed by atoms with E-state index in [1.54, 1.807) is 0 Å². The fourth-order valence-electron chi connectivity index (χ4n) is 7.64. The van der Waals surface area contributed by atoms with Crippen molar-refractivity contribution in [1.82, 2.24) is 0 Å². The van der Waals surface area contributed by atoms with Crippen LogP contribution in [0.3, 0.4) is 0 Å². The normalized spacial score (nSPS) is 13.8. The zero-order chi connectivity index (χ0) is 51.3. The number of ether oxygens (including phenoxy) is 3. The number of hydrogen-bond donors (Lipinski definition) is 2. The number of aliphatic hydroxyl groups is 1. The lowest BCUT2D eigenvalue weighted by atomic mass is 10.0. The van der Waals surface area contributed by atoms with Crippen molar-refractivity contribution >= 4 is 25.7 Å². The van der Waals surface area contributed by atoms with E-state index >= 15 is 0 Å². The molecule has 0 aromatic rings. The zero-order valence-electron chi connectivity index (χ0n) is 44.7. The summed E-state index contributed by atoms with van der Waals surface area (Å²) in [6, 6.07) is 0. The lowest BCUT2D eigenvalue weighted by Crippen LogP contribution is -2.30. The maximum atomic E-state index is 12.9. The molecule has 0 radical (unpaired) electrons. The third kappa shape index (κ3) is 50.1. The van der Waals surface area contributed by atoms with Gasteiger partial charge in [0.25, 0.3) is 0 Å². The predicted octanol–water partition coefficient (Wildman–Crippen LogP) is 16.4. The Balaban J connectivity index is 4.78. The molecule has 0 heterocycles. The Bertz CT molecular complexity index is 1410. The number of esters is 3. The average Bonchev–Trinajstić information content (AvgIpc) is 3.35. The Labute approximate surface area is 427 Å². The topological polar surface area (TPSA) is 155 Å². The minimum absolute atomic E-state index is 0.149. The van der Waals surface area contributed by atoms with Crippen molar-refractivity contribution in [3.05, 3.63) is 60.8 Å². The molecule has 0 bridgehead atoms. The van der Waals surface area contributed by atoms with Gasteiger partial charge in [-0.2, -0.15) is 0 Å². The molecule has 0 saturated carbocycles. The van der Waals surface area contributed by atoms with Gasteiger partial charge in [-0.15, -0.1) is 0 Å². The van der Waals surface area contributed by atoms with E-state index in [4.69, 9.17) is 23.3 Å². The average molecular weight is 1010 g/mol. The van der Waals surface area contributed by atoms with E-state index in [9.17, 15) is 28.9 Å². The number of rotatable bonds is 52. The van der Waals surface area contributed by atoms with E-state index < -0.39 is 57.8 Å². The highest BCUT2D eigenvalue weighted by Gasteiger charge is 2.28. The molecule has 70 heavy (non-hydrogen) atoms. The Hall–Kier alpha value is -2.82. The minimum atomic E-state index is -4.75. The first-order valence-electron chi connectivity index (χ1n) is 28.2. The van der Waals surface area contributed by atoms with Gasteiger partial charge in [-0.1, -0.05) is 210 Å². The molecular weight excluding hydrogens is 904 g/mol. The van der Waals surface area contributed by atoms with Gasteiger partial charge >= 0.3 is 25.7 Å². The van der Waals surface area contributed by atoms with E-state index in [2.05, 4.69) is 81.5 Å². The maximum absolute atomic E-state index is 12.9. The molecule has 0 rings (SSSR count). The Morgan fingerprint density at radius 2 is 0.743 bits per heavy atom. The summed E-state index contributed by atoms with van der Waals surface area (Å²) < 4.78 is 39.4. The van der Waals surface area contributed by atoms with E-state index in [1.165, 1.54) is 96.3 Å². The number of allylic oxidation sites excluding steroid dienone is 10. The van der Waals surface area contributed by atoms with E-state index in [-0.39, 0.29) is 25.9 Å². The van der Waals surface area contributed by atoms with Gasteiger partial charge in [0.2, 0.25) is 0 Å². The summed E-state index contributed by atoms with van der Waals surface area (Å²) in [4.78, 5) is 48.4. The summed E-state index contributed by atoms with van der Waals surface area (Å²) in [6.45, 7) is 4.48. The molecule has 3 atom stereocenters. The highest BCUT2D eigenvalue weighted by molar-refractivity contribution is 7.47. The molecule has 0 amide bonds. The third-order valence-corrected chi connectivity index (χ3v) is 12.9. The van der Waals surface area contributed by atoms with E-state index in [1.807, 2.05) is 0 Å². The van der Waals surface area contributed by atoms with Gasteiger partial charge < -0.3 is 24.2 Å². The van der Waals surface area contributed by atoms with E-state index in [0.717, 1.165) is 96.3 Å². The molecule has 0 aliphatic rings. The van der Waals surface area contributed by atoms with Gasteiger partial charge in [-0.3, -0.25) is 23.4 Å². The van der Waals surface area contributed by atoms with Crippen molar-refractivity contribution < 1.29 is 52.2 Å².